The molecule has 1 unspecified atom stereocenters. The summed E-state index contributed by atoms with van der Waals surface area (Å²) in [7, 11) is 1.92. The Morgan fingerprint density at radius 1 is 1.25 bits per heavy atom. The molecule has 2 aliphatic heterocycles. The molecule has 36 heavy (non-hydrogen) atoms. The number of likely N-dealkylation sites (N-methyl/N-ethyl adjacent to an activating group) is 2. The smallest absolute Gasteiger partial charge is 0.317 e. The summed E-state index contributed by atoms with van der Waals surface area (Å²) in [5.74, 6) is 0.387. The molecule has 0 radical (unpaired) electrons. The highest BCUT2D eigenvalue weighted by Gasteiger charge is 2.32. The Morgan fingerprint density at radius 2 is 2.11 bits per heavy atom. The lowest BCUT2D eigenvalue weighted by Crippen LogP contribution is -2.52. The lowest BCUT2D eigenvalue weighted by atomic mass is 9.88. The number of nitrogens with one attached hydrogen (secondary N) is 3. The molecule has 2 aliphatic rings. The third-order valence-electron chi connectivity index (χ3n) is 7.02. The van der Waals surface area contributed by atoms with Crippen LogP contribution in [0.2, 0.25) is 5.02 Å². The van der Waals surface area contributed by atoms with Gasteiger partial charge in [-0.25, -0.2) is 4.79 Å². The molecule has 3 rings (SSSR count). The van der Waals surface area contributed by atoms with E-state index >= 15 is 0 Å². The lowest BCUT2D eigenvalue weighted by Gasteiger charge is -2.38. The molecular weight excluding hydrogens is 480 g/mol. The molecular formula is C27H43ClN4O4. The van der Waals surface area contributed by atoms with E-state index in [-0.39, 0.29) is 36.6 Å². The van der Waals surface area contributed by atoms with Gasteiger partial charge in [0.25, 0.3) is 0 Å². The Kier molecular flexibility index (Phi) is 12.3. The van der Waals surface area contributed by atoms with Gasteiger partial charge in [-0.3, -0.25) is 4.79 Å². The van der Waals surface area contributed by atoms with Crippen LogP contribution in [0.5, 0.6) is 0 Å². The Labute approximate surface area is 220 Å². The summed E-state index contributed by atoms with van der Waals surface area (Å²) in [4.78, 5) is 27.3. The zero-order valence-corrected chi connectivity index (χ0v) is 22.5. The van der Waals surface area contributed by atoms with E-state index < -0.39 is 0 Å². The molecule has 3 amide bonds. The van der Waals surface area contributed by atoms with Gasteiger partial charge in [0.05, 0.1) is 6.10 Å². The van der Waals surface area contributed by atoms with Crippen LogP contribution >= 0.6 is 11.6 Å². The fourth-order valence-electron chi connectivity index (χ4n) is 5.31. The summed E-state index contributed by atoms with van der Waals surface area (Å²) < 4.78 is 11.9. The van der Waals surface area contributed by atoms with Crippen LogP contribution in [0.1, 0.15) is 57.1 Å². The Balaban J connectivity index is 1.64. The molecule has 0 spiro atoms. The number of rotatable bonds is 11. The minimum Gasteiger partial charge on any atom is -0.381 e. The number of carbonyl (C=O) groups is 2. The number of nitrogens with zero attached hydrogens (tertiary/aromatic N) is 1. The third kappa shape index (κ3) is 9.21. The first-order valence-corrected chi connectivity index (χ1v) is 13.8. The number of hydrogen-bond acceptors (Lipinski definition) is 5. The van der Waals surface area contributed by atoms with Gasteiger partial charge in [0.1, 0.15) is 6.61 Å². The van der Waals surface area contributed by atoms with Gasteiger partial charge in [-0.05, 0) is 69.7 Å². The minimum absolute atomic E-state index is 0.0264. The summed E-state index contributed by atoms with van der Waals surface area (Å²) in [6.45, 7) is 6.02. The molecule has 9 heteroatoms. The number of halogens is 1. The zero-order chi connectivity index (χ0) is 25.8. The van der Waals surface area contributed by atoms with E-state index in [1.54, 1.807) is 0 Å². The van der Waals surface area contributed by atoms with E-state index in [2.05, 4.69) is 16.0 Å². The van der Waals surface area contributed by atoms with Crippen molar-refractivity contribution in [3.63, 3.8) is 0 Å². The van der Waals surface area contributed by atoms with Crippen molar-refractivity contribution in [2.45, 2.75) is 57.6 Å². The van der Waals surface area contributed by atoms with Gasteiger partial charge in [0, 0.05) is 56.4 Å². The lowest BCUT2D eigenvalue weighted by molar-refractivity contribution is -0.129. The molecule has 0 bridgehead atoms. The molecule has 0 aromatic heterocycles. The van der Waals surface area contributed by atoms with E-state index in [4.69, 9.17) is 21.1 Å². The van der Waals surface area contributed by atoms with Gasteiger partial charge in [0.15, 0.2) is 0 Å². The van der Waals surface area contributed by atoms with Crippen molar-refractivity contribution in [2.75, 3.05) is 53.0 Å². The quantitative estimate of drug-likeness (QED) is 0.411. The first-order valence-electron chi connectivity index (χ1n) is 13.4. The standard InChI is InChI=1S/C27H43ClN4O4/c1-3-30-25(33)19-36-26(21-9-6-11-23(28)15-21)22-10-7-12-32(17-22)27(34)31-24(16-29-2)14-20-8-4-5-13-35-18-20/h6,9,11,15,20,22,24,26,29H,3-5,7-8,10,12-14,16-19H2,1-2H3,(H,30,33)(H,31,34)/t20-,22-,24+,26?/m1/s1. The second-order valence-corrected chi connectivity index (χ2v) is 10.4. The van der Waals surface area contributed by atoms with Gasteiger partial charge in [0.2, 0.25) is 5.91 Å². The third-order valence-corrected chi connectivity index (χ3v) is 7.25. The van der Waals surface area contributed by atoms with Crippen molar-refractivity contribution in [3.05, 3.63) is 34.9 Å². The summed E-state index contributed by atoms with van der Waals surface area (Å²) in [5.41, 5.74) is 0.931. The highest BCUT2D eigenvalue weighted by Crippen LogP contribution is 2.34. The molecule has 202 valence electrons. The van der Waals surface area contributed by atoms with Crippen LogP contribution in [0.4, 0.5) is 4.79 Å². The monoisotopic (exact) mass is 522 g/mol. The van der Waals surface area contributed by atoms with Crippen molar-refractivity contribution in [1.29, 1.82) is 0 Å². The van der Waals surface area contributed by atoms with Crippen LogP contribution in [0.15, 0.2) is 24.3 Å². The van der Waals surface area contributed by atoms with Crippen LogP contribution in [-0.2, 0) is 14.3 Å². The number of carbonyl (C=O) groups excluding carboxylic acids is 2. The minimum atomic E-state index is -0.321. The number of piperidine rings is 1. The molecule has 2 saturated heterocycles. The zero-order valence-electron chi connectivity index (χ0n) is 21.8. The van der Waals surface area contributed by atoms with Crippen molar-refractivity contribution in [2.24, 2.45) is 11.8 Å². The van der Waals surface area contributed by atoms with E-state index in [1.165, 1.54) is 6.42 Å². The number of amides is 3. The van der Waals surface area contributed by atoms with E-state index in [1.807, 2.05) is 43.1 Å². The van der Waals surface area contributed by atoms with Crippen LogP contribution in [-0.4, -0.2) is 75.9 Å². The maximum Gasteiger partial charge on any atom is 0.317 e. The molecule has 3 N–H and O–H groups in total. The number of ether oxygens (including phenoxy) is 2. The molecule has 2 fully saturated rings. The average molecular weight is 523 g/mol. The van der Waals surface area contributed by atoms with E-state index in [9.17, 15) is 9.59 Å². The number of likely N-dealkylation sites (tertiary alicyclic amines) is 1. The summed E-state index contributed by atoms with van der Waals surface area (Å²) in [6, 6.07) is 7.60. The molecule has 2 heterocycles. The maximum atomic E-state index is 13.3. The van der Waals surface area contributed by atoms with Crippen molar-refractivity contribution in [1.82, 2.24) is 20.9 Å². The number of hydrogen-bond donors (Lipinski definition) is 3. The van der Waals surface area contributed by atoms with E-state index in [0.717, 1.165) is 57.4 Å². The first kappa shape index (κ1) is 28.7. The largest absolute Gasteiger partial charge is 0.381 e. The average Bonchev–Trinajstić information content (AvgIpc) is 3.13. The predicted octanol–water partition coefficient (Wildman–Crippen LogP) is 3.75. The molecule has 1 aromatic carbocycles. The predicted molar refractivity (Wildman–Crippen MR) is 142 cm³/mol. The van der Waals surface area contributed by atoms with Gasteiger partial charge >= 0.3 is 6.03 Å². The van der Waals surface area contributed by atoms with Gasteiger partial charge in [-0.15, -0.1) is 0 Å². The molecule has 0 saturated carbocycles. The second kappa shape index (κ2) is 15.4. The first-order chi connectivity index (χ1) is 17.5. The summed E-state index contributed by atoms with van der Waals surface area (Å²) >= 11 is 6.27. The number of urea groups is 1. The van der Waals surface area contributed by atoms with Crippen LogP contribution < -0.4 is 16.0 Å². The fourth-order valence-corrected chi connectivity index (χ4v) is 5.51. The second-order valence-electron chi connectivity index (χ2n) is 9.96. The summed E-state index contributed by atoms with van der Waals surface area (Å²) in [5, 5.41) is 9.91. The molecule has 8 nitrogen and oxygen atoms in total. The summed E-state index contributed by atoms with van der Waals surface area (Å²) in [6.07, 6.45) is 5.82. The maximum absolute atomic E-state index is 13.3. The molecule has 4 atom stereocenters. The highest BCUT2D eigenvalue weighted by molar-refractivity contribution is 6.30. The van der Waals surface area contributed by atoms with Gasteiger partial charge in [-0.1, -0.05) is 30.2 Å². The van der Waals surface area contributed by atoms with Crippen LogP contribution in [0.3, 0.4) is 0 Å². The normalized spacial score (nSPS) is 22.4. The highest BCUT2D eigenvalue weighted by atomic mass is 35.5. The van der Waals surface area contributed by atoms with Crippen molar-refractivity contribution in [3.8, 4) is 0 Å². The Bertz CT molecular complexity index is 819. The SMILES string of the molecule is CCNC(=O)COC(c1cccc(Cl)c1)[C@@H]1CCCN(C(=O)N[C@H](CNC)C[C@H]2CCCCOC2)C1. The Morgan fingerprint density at radius 3 is 2.89 bits per heavy atom. The van der Waals surface area contributed by atoms with E-state index in [0.29, 0.717) is 30.6 Å². The Hall–Kier alpha value is -1.87. The fraction of sp³-hybridized carbons (Fsp3) is 0.704. The van der Waals surface area contributed by atoms with Crippen molar-refractivity contribution < 1.29 is 19.1 Å². The number of benzene rings is 1. The van der Waals surface area contributed by atoms with Gasteiger partial charge in [-0.2, -0.15) is 0 Å². The van der Waals surface area contributed by atoms with Gasteiger partial charge < -0.3 is 30.3 Å². The van der Waals surface area contributed by atoms with Crippen molar-refractivity contribution >= 4 is 23.5 Å². The topological polar surface area (TPSA) is 91.9 Å². The van der Waals surface area contributed by atoms with Crippen LogP contribution in [0.25, 0.3) is 0 Å². The van der Waals surface area contributed by atoms with Crippen LogP contribution in [0, 0.1) is 11.8 Å². The molecule has 1 aromatic rings. The molecule has 0 aliphatic carbocycles.